The molecule has 3 atom stereocenters. The van der Waals surface area contributed by atoms with Gasteiger partial charge in [0.2, 0.25) is 0 Å². The van der Waals surface area contributed by atoms with Crippen LogP contribution in [0.15, 0.2) is 89.8 Å². The second-order valence-corrected chi connectivity index (χ2v) is 12.2. The Morgan fingerprint density at radius 3 is 2.29 bits per heavy atom. The van der Waals surface area contributed by atoms with Gasteiger partial charge in [-0.05, 0) is 67.8 Å². The molecule has 0 aromatic heterocycles. The van der Waals surface area contributed by atoms with Crippen molar-refractivity contribution in [1.29, 1.82) is 0 Å². The molecule has 11 heteroatoms. The highest BCUT2D eigenvalue weighted by Crippen LogP contribution is 2.39. The van der Waals surface area contributed by atoms with E-state index in [0.29, 0.717) is 6.42 Å². The van der Waals surface area contributed by atoms with Gasteiger partial charge in [-0.15, -0.1) is 0 Å². The van der Waals surface area contributed by atoms with E-state index in [4.69, 9.17) is 15.8 Å². The fourth-order valence-electron chi connectivity index (χ4n) is 5.18. The van der Waals surface area contributed by atoms with Crippen LogP contribution in [0.4, 0.5) is 0 Å². The average molecular weight is 607 g/mol. The van der Waals surface area contributed by atoms with Crippen LogP contribution in [-0.4, -0.2) is 48.5 Å². The molecule has 0 saturated carbocycles. The van der Waals surface area contributed by atoms with Crippen molar-refractivity contribution in [1.82, 2.24) is 10.0 Å². The lowest BCUT2D eigenvalue weighted by Gasteiger charge is -2.30. The number of imide groups is 1. The van der Waals surface area contributed by atoms with Crippen molar-refractivity contribution in [3.63, 3.8) is 0 Å². The zero-order chi connectivity index (χ0) is 30.2. The topological polar surface area (TPSA) is 118 Å². The summed E-state index contributed by atoms with van der Waals surface area (Å²) in [5.74, 6) is -4.01. The molecule has 1 heterocycles. The summed E-state index contributed by atoms with van der Waals surface area (Å²) < 4.78 is 30.5. The summed E-state index contributed by atoms with van der Waals surface area (Å²) in [4.78, 5) is 54.1. The van der Waals surface area contributed by atoms with Crippen LogP contribution in [0.2, 0.25) is 5.02 Å². The lowest BCUT2D eigenvalue weighted by Crippen LogP contribution is -2.52. The van der Waals surface area contributed by atoms with Crippen molar-refractivity contribution in [2.24, 2.45) is 17.8 Å². The lowest BCUT2D eigenvalue weighted by atomic mass is 9.78. The minimum Gasteiger partial charge on any atom is -0.379 e. The molecule has 1 aliphatic heterocycles. The minimum atomic E-state index is -4.10. The smallest absolute Gasteiger partial charge is 0.339 e. The molecule has 5 rings (SSSR count). The second-order valence-electron chi connectivity index (χ2n) is 10.3. The Kier molecular flexibility index (Phi) is 8.03. The summed E-state index contributed by atoms with van der Waals surface area (Å²) in [5.41, 5.74) is 1.03. The van der Waals surface area contributed by atoms with Crippen LogP contribution in [0, 0.1) is 24.7 Å². The number of amides is 3. The number of hydrogen-bond donors (Lipinski definition) is 0. The van der Waals surface area contributed by atoms with Crippen LogP contribution in [0.25, 0.3) is 0 Å². The maximum Gasteiger partial charge on any atom is 0.339 e. The summed E-state index contributed by atoms with van der Waals surface area (Å²) in [7, 11) is -4.10. The number of carbonyl (C=O) groups is 4. The van der Waals surface area contributed by atoms with Crippen LogP contribution in [0.5, 0.6) is 5.75 Å². The summed E-state index contributed by atoms with van der Waals surface area (Å²) in [6.07, 6.45) is 4.06. The van der Waals surface area contributed by atoms with Gasteiger partial charge in [0.25, 0.3) is 17.7 Å². The Bertz CT molecular complexity index is 1700. The molecule has 1 fully saturated rings. The molecule has 216 valence electrons. The molecule has 1 aliphatic carbocycles. The Morgan fingerprint density at radius 2 is 1.64 bits per heavy atom. The number of fused-ring (bicyclic) bond motifs is 1. The van der Waals surface area contributed by atoms with E-state index in [1.54, 1.807) is 24.3 Å². The fraction of sp³-hybridized carbons (Fsp3) is 0.226. The third-order valence-corrected chi connectivity index (χ3v) is 9.01. The van der Waals surface area contributed by atoms with Crippen molar-refractivity contribution in [3.05, 3.63) is 107 Å². The van der Waals surface area contributed by atoms with Crippen molar-refractivity contribution in [2.75, 3.05) is 6.54 Å². The van der Waals surface area contributed by atoms with E-state index in [2.05, 4.69) is 0 Å². The molecule has 42 heavy (non-hydrogen) atoms. The Hall–Kier alpha value is -4.28. The number of nitrogens with zero attached hydrogens (tertiary/aromatic N) is 2. The van der Waals surface area contributed by atoms with E-state index in [1.165, 1.54) is 48.5 Å². The second kappa shape index (κ2) is 11.5. The third-order valence-electron chi connectivity index (χ3n) is 7.41. The molecule has 1 saturated heterocycles. The van der Waals surface area contributed by atoms with Crippen LogP contribution in [0.3, 0.4) is 0 Å². The predicted octanol–water partition coefficient (Wildman–Crippen LogP) is 4.85. The van der Waals surface area contributed by atoms with Crippen molar-refractivity contribution in [2.45, 2.75) is 25.2 Å². The van der Waals surface area contributed by atoms with Crippen LogP contribution in [-0.2, 0) is 19.7 Å². The highest BCUT2D eigenvalue weighted by atomic mass is 35.5. The number of halogens is 1. The van der Waals surface area contributed by atoms with Crippen LogP contribution < -0.4 is 4.18 Å². The largest absolute Gasteiger partial charge is 0.379 e. The van der Waals surface area contributed by atoms with Crippen LogP contribution >= 0.6 is 11.6 Å². The molecule has 0 bridgehead atoms. The summed E-state index contributed by atoms with van der Waals surface area (Å²) in [5, 5.41) is 1.74. The number of hydrogen-bond acceptors (Lipinski definition) is 7. The number of benzene rings is 3. The van der Waals surface area contributed by atoms with Crippen LogP contribution in [0.1, 0.15) is 39.6 Å². The first-order chi connectivity index (χ1) is 20.0. The Balaban J connectivity index is 1.40. The van der Waals surface area contributed by atoms with Gasteiger partial charge in [-0.3, -0.25) is 19.2 Å². The lowest BCUT2D eigenvalue weighted by molar-refractivity contribution is -0.154. The third kappa shape index (κ3) is 5.60. The molecule has 3 aromatic rings. The molecular formula is C31H27ClN2O7S. The van der Waals surface area contributed by atoms with E-state index in [-0.39, 0.29) is 32.7 Å². The maximum atomic E-state index is 13.7. The predicted molar refractivity (Wildman–Crippen MR) is 154 cm³/mol. The number of hydrazine groups is 1. The van der Waals surface area contributed by atoms with Gasteiger partial charge < -0.3 is 4.18 Å². The van der Waals surface area contributed by atoms with E-state index in [1.807, 2.05) is 26.0 Å². The van der Waals surface area contributed by atoms with E-state index in [0.717, 1.165) is 15.6 Å². The first-order valence-electron chi connectivity index (χ1n) is 13.2. The first kappa shape index (κ1) is 29.2. The minimum absolute atomic E-state index is 0.0213. The molecule has 0 spiro atoms. The number of rotatable bonds is 8. The molecule has 9 nitrogen and oxygen atoms in total. The summed E-state index contributed by atoms with van der Waals surface area (Å²) in [6, 6.07) is 17.6. The summed E-state index contributed by atoms with van der Waals surface area (Å²) in [6.45, 7) is 3.02. The van der Waals surface area contributed by atoms with Crippen molar-refractivity contribution < 1.29 is 31.8 Å². The highest BCUT2D eigenvalue weighted by molar-refractivity contribution is 7.87. The molecule has 3 amide bonds. The standard InChI is InChI=1S/C31H27ClN2O7S/c1-19-10-16-23(17-11-19)42(39,40)41-22-14-12-21(13-15-22)27(35)18-33(29(36)24-7-3-4-9-26(24)32)34-30(37)25-8-5-6-20(2)28(25)31(34)38/h3-7,9-17,20,25,28H,8,18H2,1-2H3/t20-,25-,28+/m1/s1. The molecule has 0 N–H and O–H groups in total. The monoisotopic (exact) mass is 606 g/mol. The van der Waals surface area contributed by atoms with Gasteiger partial charge in [0.05, 0.1) is 22.4 Å². The van der Waals surface area contributed by atoms with E-state index in [9.17, 15) is 27.6 Å². The number of Topliss-reactive ketones (excluding diaryl/α,β-unsaturated/α-hetero) is 1. The highest BCUT2D eigenvalue weighted by Gasteiger charge is 2.53. The summed E-state index contributed by atoms with van der Waals surface area (Å²) >= 11 is 6.27. The maximum absolute atomic E-state index is 13.7. The van der Waals surface area contributed by atoms with Gasteiger partial charge in [-0.2, -0.15) is 13.4 Å². The van der Waals surface area contributed by atoms with E-state index >= 15 is 0 Å². The van der Waals surface area contributed by atoms with Gasteiger partial charge in [-0.1, -0.05) is 60.5 Å². The molecule has 0 unspecified atom stereocenters. The van der Waals surface area contributed by atoms with Crippen molar-refractivity contribution >= 4 is 45.2 Å². The number of aryl methyl sites for hydroxylation is 1. The molecule has 3 aromatic carbocycles. The Morgan fingerprint density at radius 1 is 0.976 bits per heavy atom. The Labute approximate surface area is 248 Å². The quantitative estimate of drug-likeness (QED) is 0.156. The molecule has 2 aliphatic rings. The van der Waals surface area contributed by atoms with Crippen molar-refractivity contribution in [3.8, 4) is 5.75 Å². The number of carbonyl (C=O) groups excluding carboxylic acids is 4. The van der Waals surface area contributed by atoms with Gasteiger partial charge in [0, 0.05) is 5.56 Å². The SMILES string of the molecule is Cc1ccc(S(=O)(=O)Oc2ccc(C(=O)CN(C(=O)c3ccccc3Cl)N3C(=O)[C@H]4[C@H](C)C=CC[C@H]4C3=O)cc2)cc1. The zero-order valence-electron chi connectivity index (χ0n) is 22.8. The fourth-order valence-corrected chi connectivity index (χ4v) is 6.33. The van der Waals surface area contributed by atoms with Gasteiger partial charge in [0.15, 0.2) is 5.78 Å². The average Bonchev–Trinajstić information content (AvgIpc) is 3.22. The number of ketones is 1. The zero-order valence-corrected chi connectivity index (χ0v) is 24.3. The van der Waals surface area contributed by atoms with Gasteiger partial charge in [-0.25, -0.2) is 5.01 Å². The van der Waals surface area contributed by atoms with Gasteiger partial charge in [0.1, 0.15) is 17.2 Å². The number of allylic oxidation sites excluding steroid dienone is 2. The van der Waals surface area contributed by atoms with E-state index < -0.39 is 52.0 Å². The molecule has 0 radical (unpaired) electrons. The van der Waals surface area contributed by atoms with Gasteiger partial charge >= 0.3 is 10.1 Å². The molecular weight excluding hydrogens is 580 g/mol. The first-order valence-corrected chi connectivity index (χ1v) is 15.0. The normalized spacial score (nSPS) is 19.9.